The summed E-state index contributed by atoms with van der Waals surface area (Å²) in [7, 11) is 0. The van der Waals surface area contributed by atoms with Crippen molar-refractivity contribution in [2.45, 2.75) is 297 Å². The molecule has 0 bridgehead atoms. The maximum absolute atomic E-state index is 12.9. The lowest BCUT2D eigenvalue weighted by molar-refractivity contribution is -0.167. The fourth-order valence-electron chi connectivity index (χ4n) is 8.64. The molecule has 0 aliphatic heterocycles. The summed E-state index contributed by atoms with van der Waals surface area (Å²) in [5, 5.41) is 0. The summed E-state index contributed by atoms with van der Waals surface area (Å²) >= 11 is 0. The van der Waals surface area contributed by atoms with E-state index in [0.717, 1.165) is 135 Å². The van der Waals surface area contributed by atoms with Crippen LogP contribution in [-0.2, 0) is 28.6 Å². The molecular weight excluding hydrogens is 925 g/mol. The van der Waals surface area contributed by atoms with Gasteiger partial charge in [-0.15, -0.1) is 0 Å². The molecule has 1 unspecified atom stereocenters. The fourth-order valence-corrected chi connectivity index (χ4v) is 8.64. The number of esters is 3. The number of rotatable bonds is 56. The molecule has 0 radical (unpaired) electrons. The molecule has 0 aromatic carbocycles. The van der Waals surface area contributed by atoms with Crippen LogP contribution in [0.4, 0.5) is 0 Å². The lowest BCUT2D eigenvalue weighted by atomic mass is 10.0. The Morgan fingerprint density at radius 1 is 0.280 bits per heavy atom. The van der Waals surface area contributed by atoms with Gasteiger partial charge in [0.1, 0.15) is 13.2 Å². The number of carbonyl (C=O) groups excluding carboxylic acids is 3. The quantitative estimate of drug-likeness (QED) is 0.0261. The van der Waals surface area contributed by atoms with Gasteiger partial charge in [0.25, 0.3) is 0 Å². The highest BCUT2D eigenvalue weighted by Crippen LogP contribution is 2.16. The number of ether oxygens (including phenoxy) is 3. The van der Waals surface area contributed by atoms with E-state index >= 15 is 0 Å². The van der Waals surface area contributed by atoms with Crippen molar-refractivity contribution >= 4 is 17.9 Å². The Morgan fingerprint density at radius 3 is 0.813 bits per heavy atom. The average molecular weight is 1040 g/mol. The molecule has 0 saturated heterocycles. The Balaban J connectivity index is 4.28. The molecule has 1 atom stereocenters. The van der Waals surface area contributed by atoms with Gasteiger partial charge in [-0.1, -0.05) is 278 Å². The molecule has 0 amide bonds. The van der Waals surface area contributed by atoms with Crippen molar-refractivity contribution in [3.8, 4) is 0 Å². The average Bonchev–Trinajstić information content (AvgIpc) is 3.41. The Labute approximate surface area is 463 Å². The van der Waals surface area contributed by atoms with E-state index in [1.165, 1.54) is 116 Å². The van der Waals surface area contributed by atoms with Crippen molar-refractivity contribution in [3.05, 3.63) is 109 Å². The van der Waals surface area contributed by atoms with Crippen molar-refractivity contribution in [1.82, 2.24) is 0 Å². The summed E-state index contributed by atoms with van der Waals surface area (Å²) in [4.78, 5) is 38.2. The van der Waals surface area contributed by atoms with Crippen LogP contribution in [0.25, 0.3) is 0 Å². The molecule has 0 N–H and O–H groups in total. The van der Waals surface area contributed by atoms with Crippen LogP contribution in [0.3, 0.4) is 0 Å². The fraction of sp³-hybridized carbons (Fsp3) is 0.696. The van der Waals surface area contributed by atoms with Gasteiger partial charge in [-0.3, -0.25) is 14.4 Å². The van der Waals surface area contributed by atoms with Crippen LogP contribution >= 0.6 is 0 Å². The second-order valence-corrected chi connectivity index (χ2v) is 20.6. The first-order valence-electron chi connectivity index (χ1n) is 31.4. The third kappa shape index (κ3) is 60.8. The van der Waals surface area contributed by atoms with Crippen molar-refractivity contribution in [1.29, 1.82) is 0 Å². The van der Waals surface area contributed by atoms with Gasteiger partial charge >= 0.3 is 17.9 Å². The van der Waals surface area contributed by atoms with Crippen molar-refractivity contribution in [2.75, 3.05) is 13.2 Å². The highest BCUT2D eigenvalue weighted by molar-refractivity contribution is 5.71. The van der Waals surface area contributed by atoms with Gasteiger partial charge < -0.3 is 14.2 Å². The second-order valence-electron chi connectivity index (χ2n) is 20.6. The highest BCUT2D eigenvalue weighted by atomic mass is 16.6. The van der Waals surface area contributed by atoms with E-state index in [2.05, 4.69) is 130 Å². The van der Waals surface area contributed by atoms with Gasteiger partial charge in [-0.2, -0.15) is 0 Å². The molecule has 75 heavy (non-hydrogen) atoms. The van der Waals surface area contributed by atoms with E-state index < -0.39 is 6.10 Å². The second kappa shape index (κ2) is 62.6. The minimum atomic E-state index is -0.789. The Bertz CT molecular complexity index is 1520. The van der Waals surface area contributed by atoms with Crippen LogP contribution in [0.1, 0.15) is 290 Å². The molecule has 0 rings (SSSR count). The standard InChI is InChI=1S/C69H116O6/c1-4-7-10-13-16-19-22-25-27-28-29-30-31-32-33-34-35-36-37-38-39-40-42-44-47-50-53-56-59-62-68(71)74-65-66(64-73-67(70)61-58-55-52-49-46-43-24-21-18-15-12-9-6-3)75-69(72)63-60-57-54-51-48-45-41-26-23-20-17-14-11-8-5-2/h7-8,10-11,16-17,19-20,25-27,29-30,32-33,35-36,41,66H,4-6,9,12-15,18,21-24,28,31,34,37-40,42-65H2,1-3H3/b10-7-,11-8-,19-16-,20-17-,27-25-,30-29-,33-32-,36-35-,41-26-. The van der Waals surface area contributed by atoms with Crippen LogP contribution < -0.4 is 0 Å². The molecule has 0 saturated carbocycles. The number of allylic oxidation sites excluding steroid dienone is 18. The van der Waals surface area contributed by atoms with Crippen molar-refractivity contribution in [2.24, 2.45) is 0 Å². The van der Waals surface area contributed by atoms with Crippen LogP contribution in [0.15, 0.2) is 109 Å². The van der Waals surface area contributed by atoms with E-state index in [9.17, 15) is 14.4 Å². The Kier molecular flexibility index (Phi) is 59.3. The lowest BCUT2D eigenvalue weighted by Crippen LogP contribution is -2.30. The summed E-state index contributed by atoms with van der Waals surface area (Å²) in [5.74, 6) is -0.899. The predicted octanol–water partition coefficient (Wildman–Crippen LogP) is 21.4. The minimum Gasteiger partial charge on any atom is -0.462 e. The number of hydrogen-bond acceptors (Lipinski definition) is 6. The van der Waals surface area contributed by atoms with Crippen LogP contribution in [0.5, 0.6) is 0 Å². The van der Waals surface area contributed by atoms with Crippen LogP contribution in [0, 0.1) is 0 Å². The first-order chi connectivity index (χ1) is 37.0. The molecule has 6 nitrogen and oxygen atoms in total. The molecule has 0 heterocycles. The molecule has 0 aliphatic rings. The topological polar surface area (TPSA) is 78.9 Å². The lowest BCUT2D eigenvalue weighted by Gasteiger charge is -2.18. The zero-order valence-corrected chi connectivity index (χ0v) is 49.0. The van der Waals surface area contributed by atoms with Crippen LogP contribution in [0.2, 0.25) is 0 Å². The molecule has 6 heteroatoms. The molecule has 0 fully saturated rings. The van der Waals surface area contributed by atoms with E-state index in [0.29, 0.717) is 19.3 Å². The molecule has 428 valence electrons. The monoisotopic (exact) mass is 1040 g/mol. The Hall–Kier alpha value is -3.93. The van der Waals surface area contributed by atoms with Crippen molar-refractivity contribution in [3.63, 3.8) is 0 Å². The third-order valence-electron chi connectivity index (χ3n) is 13.3. The van der Waals surface area contributed by atoms with Gasteiger partial charge in [0, 0.05) is 19.3 Å². The summed E-state index contributed by atoms with van der Waals surface area (Å²) < 4.78 is 16.9. The number of unbranched alkanes of at least 4 members (excludes halogenated alkanes) is 27. The van der Waals surface area contributed by atoms with Gasteiger partial charge in [-0.25, -0.2) is 0 Å². The molecule has 0 spiro atoms. The number of hydrogen-bond donors (Lipinski definition) is 0. The SMILES string of the molecule is CC/C=C\C/C=C\C/C=C\C/C=C\C/C=C\C/C=C\CCCCCCCCCCCCC(=O)OCC(COC(=O)CCCCCCCCCCCCCCC)OC(=O)CCCCCCC/C=C\C/C=C\C/C=C\CC. The summed E-state index contributed by atoms with van der Waals surface area (Å²) in [6.45, 7) is 6.41. The molecule has 0 aromatic rings. The summed E-state index contributed by atoms with van der Waals surface area (Å²) in [5.41, 5.74) is 0. The van der Waals surface area contributed by atoms with E-state index in [1.807, 2.05) is 0 Å². The normalized spacial score (nSPS) is 12.8. The summed E-state index contributed by atoms with van der Waals surface area (Å²) in [6, 6.07) is 0. The minimum absolute atomic E-state index is 0.0843. The molecule has 0 aliphatic carbocycles. The van der Waals surface area contributed by atoms with E-state index in [4.69, 9.17) is 14.2 Å². The maximum Gasteiger partial charge on any atom is 0.306 e. The van der Waals surface area contributed by atoms with Crippen molar-refractivity contribution < 1.29 is 28.6 Å². The third-order valence-corrected chi connectivity index (χ3v) is 13.3. The maximum atomic E-state index is 12.9. The van der Waals surface area contributed by atoms with Gasteiger partial charge in [0.05, 0.1) is 0 Å². The smallest absolute Gasteiger partial charge is 0.306 e. The number of carbonyl (C=O) groups is 3. The molecular formula is C69H116O6. The van der Waals surface area contributed by atoms with Gasteiger partial charge in [0.2, 0.25) is 0 Å². The first kappa shape index (κ1) is 71.1. The molecule has 0 aromatic heterocycles. The van der Waals surface area contributed by atoms with E-state index in [-0.39, 0.29) is 31.1 Å². The first-order valence-corrected chi connectivity index (χ1v) is 31.4. The zero-order valence-electron chi connectivity index (χ0n) is 49.0. The largest absolute Gasteiger partial charge is 0.462 e. The van der Waals surface area contributed by atoms with Crippen LogP contribution in [-0.4, -0.2) is 37.2 Å². The van der Waals surface area contributed by atoms with Gasteiger partial charge in [-0.05, 0) is 103 Å². The predicted molar refractivity (Wildman–Crippen MR) is 325 cm³/mol. The zero-order chi connectivity index (χ0) is 54.3. The summed E-state index contributed by atoms with van der Waals surface area (Å²) in [6.07, 6.45) is 85.2. The highest BCUT2D eigenvalue weighted by Gasteiger charge is 2.19. The van der Waals surface area contributed by atoms with Gasteiger partial charge in [0.15, 0.2) is 6.10 Å². The Morgan fingerprint density at radius 2 is 0.520 bits per heavy atom. The van der Waals surface area contributed by atoms with E-state index in [1.54, 1.807) is 0 Å².